The van der Waals surface area contributed by atoms with Crippen molar-refractivity contribution < 1.29 is 24.6 Å². The largest absolute Gasteiger partial charge is 0.481 e. The lowest BCUT2D eigenvalue weighted by Crippen LogP contribution is -2.36. The zero-order chi connectivity index (χ0) is 26.7. The molecule has 1 aliphatic heterocycles. The minimum absolute atomic E-state index is 0.0235. The molecular weight excluding hydrogens is 482 g/mol. The van der Waals surface area contributed by atoms with Crippen LogP contribution >= 0.6 is 11.6 Å². The number of fused-ring (bicyclic) bond motifs is 1. The molecule has 1 atom stereocenters. The summed E-state index contributed by atoms with van der Waals surface area (Å²) >= 11 is 6.49. The van der Waals surface area contributed by atoms with Gasteiger partial charge in [-0.15, -0.1) is 0 Å². The van der Waals surface area contributed by atoms with E-state index in [-0.39, 0.29) is 24.8 Å². The molecule has 9 heteroatoms. The monoisotopic (exact) mass is 517 g/mol. The van der Waals surface area contributed by atoms with Crippen molar-refractivity contribution in [2.75, 3.05) is 18.4 Å². The van der Waals surface area contributed by atoms with E-state index in [9.17, 15) is 14.4 Å². The second-order valence-electron chi connectivity index (χ2n) is 9.15. The third kappa shape index (κ3) is 9.51. The first kappa shape index (κ1) is 29.1. The zero-order valence-corrected chi connectivity index (χ0v) is 21.8. The Labute approximate surface area is 217 Å². The summed E-state index contributed by atoms with van der Waals surface area (Å²) in [6.45, 7) is 8.89. The summed E-state index contributed by atoms with van der Waals surface area (Å²) in [5.41, 5.74) is 5.53. The lowest BCUT2D eigenvalue weighted by Gasteiger charge is -2.18. The SMILES string of the molecule is CC(C)C(C)NC(=O)c1ccc(CNc2c(Cl)ccc3c2CCNCC3)cc1.O=C(O)CCC(=O)O. The van der Waals surface area contributed by atoms with Gasteiger partial charge in [-0.05, 0) is 73.7 Å². The molecule has 1 heterocycles. The summed E-state index contributed by atoms with van der Waals surface area (Å²) in [6.07, 6.45) is 1.41. The lowest BCUT2D eigenvalue weighted by molar-refractivity contribution is -0.143. The molecule has 0 aromatic heterocycles. The maximum Gasteiger partial charge on any atom is 0.303 e. The number of carboxylic acid groups (broad SMARTS) is 2. The van der Waals surface area contributed by atoms with E-state index in [1.165, 1.54) is 11.1 Å². The Morgan fingerprint density at radius 3 is 2.14 bits per heavy atom. The number of halogens is 1. The van der Waals surface area contributed by atoms with Crippen molar-refractivity contribution in [3.05, 3.63) is 63.7 Å². The Kier molecular flexibility index (Phi) is 11.7. The van der Waals surface area contributed by atoms with E-state index >= 15 is 0 Å². The molecule has 2 aromatic rings. The summed E-state index contributed by atoms with van der Waals surface area (Å²) in [5, 5.41) is 26.6. The van der Waals surface area contributed by atoms with Crippen molar-refractivity contribution in [1.29, 1.82) is 0 Å². The third-order valence-electron chi connectivity index (χ3n) is 6.08. The molecular formula is C27H36ClN3O5. The molecule has 0 bridgehead atoms. The summed E-state index contributed by atoms with van der Waals surface area (Å²) in [5.74, 6) is -1.77. The summed E-state index contributed by atoms with van der Waals surface area (Å²) in [4.78, 5) is 31.6. The molecule has 1 amide bonds. The number of rotatable bonds is 9. The number of carboxylic acids is 2. The third-order valence-corrected chi connectivity index (χ3v) is 6.39. The van der Waals surface area contributed by atoms with Crippen LogP contribution in [0.1, 0.15) is 60.7 Å². The fourth-order valence-corrected chi connectivity index (χ4v) is 3.81. The molecule has 0 saturated heterocycles. The molecule has 2 aromatic carbocycles. The van der Waals surface area contributed by atoms with Gasteiger partial charge in [0.05, 0.1) is 23.6 Å². The smallest absolute Gasteiger partial charge is 0.303 e. The van der Waals surface area contributed by atoms with Gasteiger partial charge in [0.1, 0.15) is 0 Å². The molecule has 1 aliphatic rings. The molecule has 196 valence electrons. The topological polar surface area (TPSA) is 128 Å². The Hall–Kier alpha value is -3.10. The van der Waals surface area contributed by atoms with Gasteiger partial charge in [0.25, 0.3) is 5.91 Å². The minimum atomic E-state index is -1.08. The van der Waals surface area contributed by atoms with Crippen LogP contribution in [0, 0.1) is 5.92 Å². The number of hydrogen-bond acceptors (Lipinski definition) is 5. The number of hydrogen-bond donors (Lipinski definition) is 5. The van der Waals surface area contributed by atoms with Gasteiger partial charge < -0.3 is 26.2 Å². The number of nitrogens with one attached hydrogen (secondary N) is 3. The second-order valence-corrected chi connectivity index (χ2v) is 9.56. The molecule has 3 rings (SSSR count). The number of aliphatic carboxylic acids is 2. The standard InChI is InChI=1S/C23H30ClN3O.C4H6O4/c1-15(2)16(3)27-23(28)19-6-4-17(5-7-19)14-26-22-20-11-13-25-12-10-18(20)8-9-21(22)24;5-3(6)1-2-4(7)8/h4-9,15-16,25-26H,10-14H2,1-3H3,(H,27,28);1-2H2,(H,5,6)(H,7,8). The van der Waals surface area contributed by atoms with Crippen molar-refractivity contribution in [1.82, 2.24) is 10.6 Å². The minimum Gasteiger partial charge on any atom is -0.481 e. The number of carbonyl (C=O) groups excluding carboxylic acids is 1. The van der Waals surface area contributed by atoms with Gasteiger partial charge >= 0.3 is 11.9 Å². The van der Waals surface area contributed by atoms with Crippen molar-refractivity contribution in [2.24, 2.45) is 5.92 Å². The Morgan fingerprint density at radius 1 is 0.944 bits per heavy atom. The molecule has 5 N–H and O–H groups in total. The maximum absolute atomic E-state index is 12.3. The quantitative estimate of drug-likeness (QED) is 0.334. The highest BCUT2D eigenvalue weighted by molar-refractivity contribution is 6.33. The van der Waals surface area contributed by atoms with Gasteiger partial charge in [0, 0.05) is 18.2 Å². The number of amides is 1. The van der Waals surface area contributed by atoms with Gasteiger partial charge in [0.15, 0.2) is 0 Å². The van der Waals surface area contributed by atoms with Crippen LogP contribution < -0.4 is 16.0 Å². The van der Waals surface area contributed by atoms with Crippen LogP contribution in [-0.2, 0) is 29.0 Å². The first-order valence-electron chi connectivity index (χ1n) is 12.2. The predicted octanol–water partition coefficient (Wildman–Crippen LogP) is 4.35. The molecule has 0 saturated carbocycles. The number of anilines is 1. The molecule has 0 spiro atoms. The summed E-state index contributed by atoms with van der Waals surface area (Å²) in [7, 11) is 0. The molecule has 0 radical (unpaired) electrons. The van der Waals surface area contributed by atoms with Gasteiger partial charge in [-0.1, -0.05) is 43.6 Å². The van der Waals surface area contributed by atoms with Crippen LogP contribution in [0.25, 0.3) is 0 Å². The highest BCUT2D eigenvalue weighted by Gasteiger charge is 2.15. The molecule has 0 fully saturated rings. The number of benzene rings is 2. The molecule has 1 unspecified atom stereocenters. The van der Waals surface area contributed by atoms with Crippen LogP contribution in [0.15, 0.2) is 36.4 Å². The molecule has 0 aliphatic carbocycles. The van der Waals surface area contributed by atoms with E-state index in [0.717, 1.165) is 42.2 Å². The fourth-order valence-electron chi connectivity index (χ4n) is 3.57. The zero-order valence-electron chi connectivity index (χ0n) is 21.1. The van der Waals surface area contributed by atoms with Gasteiger partial charge in [-0.3, -0.25) is 14.4 Å². The maximum atomic E-state index is 12.3. The Morgan fingerprint density at radius 2 is 1.56 bits per heavy atom. The predicted molar refractivity (Wildman–Crippen MR) is 142 cm³/mol. The second kappa shape index (κ2) is 14.5. The van der Waals surface area contributed by atoms with Gasteiger partial charge in [-0.25, -0.2) is 0 Å². The fraction of sp³-hybridized carbons (Fsp3) is 0.444. The lowest BCUT2D eigenvalue weighted by atomic mass is 10.0. The first-order chi connectivity index (χ1) is 17.1. The highest BCUT2D eigenvalue weighted by Crippen LogP contribution is 2.31. The van der Waals surface area contributed by atoms with Crippen molar-refractivity contribution in [3.8, 4) is 0 Å². The molecule has 8 nitrogen and oxygen atoms in total. The van der Waals surface area contributed by atoms with E-state index < -0.39 is 11.9 Å². The average Bonchev–Trinajstić information content (AvgIpc) is 3.08. The van der Waals surface area contributed by atoms with E-state index in [0.29, 0.717) is 18.0 Å². The first-order valence-corrected chi connectivity index (χ1v) is 12.5. The summed E-state index contributed by atoms with van der Waals surface area (Å²) < 4.78 is 0. The van der Waals surface area contributed by atoms with Crippen LogP contribution in [-0.4, -0.2) is 47.2 Å². The van der Waals surface area contributed by atoms with Crippen LogP contribution in [0.5, 0.6) is 0 Å². The van der Waals surface area contributed by atoms with Gasteiger partial charge in [0.2, 0.25) is 0 Å². The van der Waals surface area contributed by atoms with Crippen molar-refractivity contribution in [2.45, 2.75) is 59.0 Å². The Balaban J connectivity index is 0.000000493. The van der Waals surface area contributed by atoms with Crippen molar-refractivity contribution in [3.63, 3.8) is 0 Å². The van der Waals surface area contributed by atoms with E-state index in [1.807, 2.05) is 37.3 Å². The molecule has 36 heavy (non-hydrogen) atoms. The van der Waals surface area contributed by atoms with Crippen molar-refractivity contribution >= 4 is 35.1 Å². The van der Waals surface area contributed by atoms with Crippen LogP contribution in [0.3, 0.4) is 0 Å². The van der Waals surface area contributed by atoms with E-state index in [1.54, 1.807) is 0 Å². The van der Waals surface area contributed by atoms with Gasteiger partial charge in [-0.2, -0.15) is 0 Å². The average molecular weight is 518 g/mol. The highest BCUT2D eigenvalue weighted by atomic mass is 35.5. The summed E-state index contributed by atoms with van der Waals surface area (Å²) in [6, 6.07) is 12.0. The normalized spacial score (nSPS) is 13.5. The number of carbonyl (C=O) groups is 3. The van der Waals surface area contributed by atoms with E-state index in [2.05, 4.69) is 35.9 Å². The van der Waals surface area contributed by atoms with Crippen LogP contribution in [0.4, 0.5) is 5.69 Å². The Bertz CT molecular complexity index is 1030. The van der Waals surface area contributed by atoms with Crippen LogP contribution in [0.2, 0.25) is 5.02 Å². The van der Waals surface area contributed by atoms with E-state index in [4.69, 9.17) is 21.8 Å².